The minimum absolute atomic E-state index is 0.281. The Balaban J connectivity index is 2.45. The third-order valence-corrected chi connectivity index (χ3v) is 2.54. The van der Waals surface area contributed by atoms with Crippen molar-refractivity contribution in [2.75, 3.05) is 6.61 Å². The third-order valence-electron chi connectivity index (χ3n) is 2.02. The summed E-state index contributed by atoms with van der Waals surface area (Å²) in [5.41, 5.74) is 0. The quantitative estimate of drug-likeness (QED) is 0.618. The molecule has 0 heterocycles. The van der Waals surface area contributed by atoms with Gasteiger partial charge >= 0.3 is 5.97 Å². The van der Waals surface area contributed by atoms with E-state index in [0.717, 1.165) is 4.47 Å². The molecule has 0 bridgehead atoms. The van der Waals surface area contributed by atoms with Crippen molar-refractivity contribution in [1.29, 1.82) is 0 Å². The zero-order valence-electron chi connectivity index (χ0n) is 9.85. The number of carbonyl (C=O) groups is 1. The average molecular weight is 299 g/mol. The summed E-state index contributed by atoms with van der Waals surface area (Å²) in [6.07, 6.45) is 2.99. The van der Waals surface area contributed by atoms with Crippen molar-refractivity contribution in [3.8, 4) is 5.75 Å². The first-order valence-electron chi connectivity index (χ1n) is 5.33. The lowest BCUT2D eigenvalue weighted by Crippen LogP contribution is -2.26. The van der Waals surface area contributed by atoms with Gasteiger partial charge in [-0.25, -0.2) is 4.79 Å². The molecular formula is C13H15BrO3. The normalized spacial score (nSPS) is 12.4. The fraction of sp³-hybridized carbons (Fsp3) is 0.308. The molecule has 0 aromatic heterocycles. The largest absolute Gasteiger partial charge is 0.479 e. The summed E-state index contributed by atoms with van der Waals surface area (Å²) in [6, 6.07) is 7.29. The summed E-state index contributed by atoms with van der Waals surface area (Å²) in [6.45, 7) is 3.82. The highest BCUT2D eigenvalue weighted by Gasteiger charge is 2.15. The van der Waals surface area contributed by atoms with E-state index in [1.165, 1.54) is 0 Å². The number of allylic oxidation sites excluding steroid dienone is 1. The SMILES string of the molecule is C/C=C/COC(=O)C(C)Oc1ccc(Br)cc1. The van der Waals surface area contributed by atoms with Crippen molar-refractivity contribution in [2.45, 2.75) is 20.0 Å². The highest BCUT2D eigenvalue weighted by atomic mass is 79.9. The van der Waals surface area contributed by atoms with E-state index in [2.05, 4.69) is 15.9 Å². The number of esters is 1. The van der Waals surface area contributed by atoms with Gasteiger partial charge in [0.25, 0.3) is 0 Å². The van der Waals surface area contributed by atoms with Crippen LogP contribution in [-0.4, -0.2) is 18.7 Å². The maximum absolute atomic E-state index is 11.5. The number of hydrogen-bond acceptors (Lipinski definition) is 3. The molecule has 17 heavy (non-hydrogen) atoms. The molecule has 0 radical (unpaired) electrons. The van der Waals surface area contributed by atoms with Crippen molar-refractivity contribution < 1.29 is 14.3 Å². The number of benzene rings is 1. The van der Waals surface area contributed by atoms with E-state index in [1.54, 1.807) is 25.1 Å². The zero-order chi connectivity index (χ0) is 12.7. The van der Waals surface area contributed by atoms with Crippen LogP contribution < -0.4 is 4.74 Å². The molecule has 0 aliphatic rings. The molecule has 1 rings (SSSR count). The van der Waals surface area contributed by atoms with Crippen LogP contribution in [0.2, 0.25) is 0 Å². The molecule has 0 spiro atoms. The van der Waals surface area contributed by atoms with Gasteiger partial charge in [-0.2, -0.15) is 0 Å². The Morgan fingerprint density at radius 3 is 2.65 bits per heavy atom. The van der Waals surface area contributed by atoms with Crippen molar-refractivity contribution in [1.82, 2.24) is 0 Å². The number of hydrogen-bond donors (Lipinski definition) is 0. The van der Waals surface area contributed by atoms with Crippen LogP contribution in [0.4, 0.5) is 0 Å². The summed E-state index contributed by atoms with van der Waals surface area (Å²) in [5.74, 6) is 0.273. The van der Waals surface area contributed by atoms with Gasteiger partial charge in [0.2, 0.25) is 0 Å². The fourth-order valence-electron chi connectivity index (χ4n) is 1.11. The van der Waals surface area contributed by atoms with Gasteiger partial charge in [0, 0.05) is 4.47 Å². The van der Waals surface area contributed by atoms with Gasteiger partial charge in [-0.1, -0.05) is 28.1 Å². The van der Waals surface area contributed by atoms with Crippen LogP contribution in [0.15, 0.2) is 40.9 Å². The van der Waals surface area contributed by atoms with Gasteiger partial charge in [0.1, 0.15) is 12.4 Å². The van der Waals surface area contributed by atoms with E-state index >= 15 is 0 Å². The molecule has 1 unspecified atom stereocenters. The molecule has 0 saturated carbocycles. The molecule has 0 amide bonds. The number of halogens is 1. The van der Waals surface area contributed by atoms with Crippen LogP contribution in [-0.2, 0) is 9.53 Å². The first-order valence-corrected chi connectivity index (χ1v) is 6.13. The Labute approximate surface area is 110 Å². The lowest BCUT2D eigenvalue weighted by Gasteiger charge is -2.13. The van der Waals surface area contributed by atoms with E-state index in [0.29, 0.717) is 5.75 Å². The highest BCUT2D eigenvalue weighted by molar-refractivity contribution is 9.10. The fourth-order valence-corrected chi connectivity index (χ4v) is 1.37. The maximum atomic E-state index is 11.5. The molecule has 4 heteroatoms. The second-order valence-corrected chi connectivity index (χ2v) is 4.33. The highest BCUT2D eigenvalue weighted by Crippen LogP contribution is 2.17. The first kappa shape index (κ1) is 13.8. The topological polar surface area (TPSA) is 35.5 Å². The van der Waals surface area contributed by atoms with Crippen LogP contribution in [0.1, 0.15) is 13.8 Å². The summed E-state index contributed by atoms with van der Waals surface area (Å²) in [5, 5.41) is 0. The monoisotopic (exact) mass is 298 g/mol. The number of carbonyl (C=O) groups excluding carboxylic acids is 1. The van der Waals surface area contributed by atoms with Crippen molar-refractivity contribution in [3.05, 3.63) is 40.9 Å². The summed E-state index contributed by atoms with van der Waals surface area (Å²) < 4.78 is 11.4. The molecule has 0 aliphatic carbocycles. The standard InChI is InChI=1S/C13H15BrO3/c1-3-4-9-16-13(15)10(2)17-12-7-5-11(14)6-8-12/h3-8,10H,9H2,1-2H3/b4-3+. The third kappa shape index (κ3) is 5.04. The Hall–Kier alpha value is -1.29. The van der Waals surface area contributed by atoms with Crippen LogP contribution in [0.3, 0.4) is 0 Å². The molecule has 92 valence electrons. The maximum Gasteiger partial charge on any atom is 0.347 e. The van der Waals surface area contributed by atoms with Gasteiger partial charge in [-0.15, -0.1) is 0 Å². The Kier molecular flexibility index (Phi) is 5.77. The van der Waals surface area contributed by atoms with Gasteiger partial charge in [0.05, 0.1) is 0 Å². The van der Waals surface area contributed by atoms with Crippen LogP contribution in [0.25, 0.3) is 0 Å². The number of rotatable bonds is 5. The molecular weight excluding hydrogens is 284 g/mol. The summed E-state index contributed by atoms with van der Waals surface area (Å²) in [4.78, 5) is 11.5. The Bertz CT molecular complexity index is 384. The second kappa shape index (κ2) is 7.12. The lowest BCUT2D eigenvalue weighted by molar-refractivity contribution is -0.149. The molecule has 0 fully saturated rings. The second-order valence-electron chi connectivity index (χ2n) is 3.41. The van der Waals surface area contributed by atoms with Gasteiger partial charge in [-0.3, -0.25) is 0 Å². The lowest BCUT2D eigenvalue weighted by atomic mass is 10.3. The first-order chi connectivity index (χ1) is 8.13. The predicted octanol–water partition coefficient (Wildman–Crippen LogP) is 3.34. The zero-order valence-corrected chi connectivity index (χ0v) is 11.4. The van der Waals surface area contributed by atoms with Gasteiger partial charge in [0.15, 0.2) is 6.10 Å². The van der Waals surface area contributed by atoms with E-state index < -0.39 is 6.10 Å². The predicted molar refractivity (Wildman–Crippen MR) is 70.0 cm³/mol. The minimum Gasteiger partial charge on any atom is -0.479 e. The van der Waals surface area contributed by atoms with E-state index in [1.807, 2.05) is 25.1 Å². The van der Waals surface area contributed by atoms with E-state index in [4.69, 9.17) is 9.47 Å². The van der Waals surface area contributed by atoms with E-state index in [-0.39, 0.29) is 12.6 Å². The summed E-state index contributed by atoms with van der Waals surface area (Å²) >= 11 is 3.33. The van der Waals surface area contributed by atoms with E-state index in [9.17, 15) is 4.79 Å². The molecule has 3 nitrogen and oxygen atoms in total. The Morgan fingerprint density at radius 2 is 2.06 bits per heavy atom. The molecule has 0 aliphatic heterocycles. The Morgan fingerprint density at radius 1 is 1.41 bits per heavy atom. The summed E-state index contributed by atoms with van der Waals surface area (Å²) in [7, 11) is 0. The van der Waals surface area contributed by atoms with Crippen molar-refractivity contribution >= 4 is 21.9 Å². The van der Waals surface area contributed by atoms with Crippen molar-refractivity contribution in [2.24, 2.45) is 0 Å². The molecule has 1 aromatic carbocycles. The van der Waals surface area contributed by atoms with Gasteiger partial charge in [-0.05, 0) is 38.1 Å². The molecule has 1 atom stereocenters. The van der Waals surface area contributed by atoms with Crippen LogP contribution >= 0.6 is 15.9 Å². The minimum atomic E-state index is -0.610. The molecule has 0 N–H and O–H groups in total. The average Bonchev–Trinajstić information content (AvgIpc) is 2.32. The van der Waals surface area contributed by atoms with Crippen LogP contribution in [0, 0.1) is 0 Å². The smallest absolute Gasteiger partial charge is 0.347 e. The van der Waals surface area contributed by atoms with Crippen LogP contribution in [0.5, 0.6) is 5.75 Å². The van der Waals surface area contributed by atoms with Crippen molar-refractivity contribution in [3.63, 3.8) is 0 Å². The molecule has 0 saturated heterocycles. The molecule has 1 aromatic rings. The number of ether oxygens (including phenoxy) is 2. The van der Waals surface area contributed by atoms with Gasteiger partial charge < -0.3 is 9.47 Å².